The molecule has 1 aliphatic rings. The van der Waals surface area contributed by atoms with Crippen LogP contribution in [0.25, 0.3) is 0 Å². The molecule has 0 aromatic heterocycles. The summed E-state index contributed by atoms with van der Waals surface area (Å²) >= 11 is 6.33. The molecule has 0 radical (unpaired) electrons. The standard InChI is InChI=1S/C16H23ClN4O3/c17-13-4-2-1-3-12(13)14(21-5-7-24-8-6-21)10-19-16(23)11-20-15(22)9-18/h1-4,14H,5-11,18H2,(H,19,23)(H,20,22). The lowest BCUT2D eigenvalue weighted by molar-refractivity contribution is -0.125. The zero-order valence-electron chi connectivity index (χ0n) is 13.5. The third-order valence-electron chi connectivity index (χ3n) is 3.87. The van der Waals surface area contributed by atoms with E-state index in [0.717, 1.165) is 18.7 Å². The van der Waals surface area contributed by atoms with Gasteiger partial charge in [-0.15, -0.1) is 0 Å². The predicted molar refractivity (Wildman–Crippen MR) is 91.7 cm³/mol. The van der Waals surface area contributed by atoms with E-state index >= 15 is 0 Å². The zero-order chi connectivity index (χ0) is 17.4. The van der Waals surface area contributed by atoms with Crippen molar-refractivity contribution in [3.63, 3.8) is 0 Å². The Kier molecular flexibility index (Phi) is 7.45. The molecule has 7 nitrogen and oxygen atoms in total. The molecule has 1 heterocycles. The summed E-state index contributed by atoms with van der Waals surface area (Å²) in [5.74, 6) is -0.622. The van der Waals surface area contributed by atoms with E-state index in [1.807, 2.05) is 24.3 Å². The van der Waals surface area contributed by atoms with Crippen molar-refractivity contribution in [3.8, 4) is 0 Å². The quantitative estimate of drug-likeness (QED) is 0.635. The van der Waals surface area contributed by atoms with Crippen LogP contribution >= 0.6 is 11.6 Å². The third-order valence-corrected chi connectivity index (χ3v) is 4.22. The van der Waals surface area contributed by atoms with Crippen molar-refractivity contribution in [2.45, 2.75) is 6.04 Å². The molecule has 4 N–H and O–H groups in total. The first kappa shape index (κ1) is 18.7. The fourth-order valence-electron chi connectivity index (χ4n) is 2.59. The maximum absolute atomic E-state index is 11.9. The van der Waals surface area contributed by atoms with Crippen molar-refractivity contribution >= 4 is 23.4 Å². The van der Waals surface area contributed by atoms with Gasteiger partial charge < -0.3 is 21.1 Å². The fraction of sp³-hybridized carbons (Fsp3) is 0.500. The number of hydrogen-bond acceptors (Lipinski definition) is 5. The second kappa shape index (κ2) is 9.58. The minimum atomic E-state index is -0.360. The molecule has 0 saturated carbocycles. The lowest BCUT2D eigenvalue weighted by Gasteiger charge is -2.35. The van der Waals surface area contributed by atoms with Gasteiger partial charge in [-0.25, -0.2) is 0 Å². The molecule has 1 aromatic rings. The summed E-state index contributed by atoms with van der Waals surface area (Å²) in [5.41, 5.74) is 6.16. The van der Waals surface area contributed by atoms with Gasteiger partial charge in [-0.1, -0.05) is 29.8 Å². The van der Waals surface area contributed by atoms with Gasteiger partial charge in [-0.3, -0.25) is 14.5 Å². The molecule has 0 bridgehead atoms. The molecule has 0 aliphatic carbocycles. The molecule has 1 atom stereocenters. The summed E-state index contributed by atoms with van der Waals surface area (Å²) in [6, 6.07) is 7.57. The van der Waals surface area contributed by atoms with Gasteiger partial charge >= 0.3 is 0 Å². The lowest BCUT2D eigenvalue weighted by Crippen LogP contribution is -2.46. The van der Waals surface area contributed by atoms with Gasteiger partial charge in [0.1, 0.15) is 0 Å². The molecule has 0 spiro atoms. The molecule has 132 valence electrons. The van der Waals surface area contributed by atoms with Crippen LogP contribution in [0.3, 0.4) is 0 Å². The summed E-state index contributed by atoms with van der Waals surface area (Å²) in [4.78, 5) is 25.3. The van der Waals surface area contributed by atoms with Crippen molar-refractivity contribution < 1.29 is 14.3 Å². The lowest BCUT2D eigenvalue weighted by atomic mass is 10.0. The van der Waals surface area contributed by atoms with Crippen molar-refractivity contribution in [1.82, 2.24) is 15.5 Å². The molecule has 24 heavy (non-hydrogen) atoms. The van der Waals surface area contributed by atoms with Crippen LogP contribution in [0.1, 0.15) is 11.6 Å². The smallest absolute Gasteiger partial charge is 0.239 e. The molecule has 1 aliphatic heterocycles. The highest BCUT2D eigenvalue weighted by molar-refractivity contribution is 6.31. The van der Waals surface area contributed by atoms with Crippen molar-refractivity contribution in [2.24, 2.45) is 5.73 Å². The maximum Gasteiger partial charge on any atom is 0.239 e. The molecule has 2 amide bonds. The Bertz CT molecular complexity index is 564. The summed E-state index contributed by atoms with van der Waals surface area (Å²) in [5, 5.41) is 5.97. The van der Waals surface area contributed by atoms with Crippen molar-refractivity contribution in [1.29, 1.82) is 0 Å². The maximum atomic E-state index is 11.9. The van der Waals surface area contributed by atoms with E-state index in [1.165, 1.54) is 0 Å². The molecule has 2 rings (SSSR count). The third kappa shape index (κ3) is 5.45. The number of nitrogens with two attached hydrogens (primary N) is 1. The van der Waals surface area contributed by atoms with Crippen molar-refractivity contribution in [3.05, 3.63) is 34.9 Å². The molecule has 1 saturated heterocycles. The number of carbonyl (C=O) groups is 2. The molecule has 1 fully saturated rings. The van der Waals surface area contributed by atoms with E-state index < -0.39 is 0 Å². The Hall–Kier alpha value is -1.67. The number of carbonyl (C=O) groups excluding carboxylic acids is 2. The van der Waals surface area contributed by atoms with Crippen LogP contribution in [0.5, 0.6) is 0 Å². The first-order valence-corrected chi connectivity index (χ1v) is 8.29. The summed E-state index contributed by atoms with van der Waals surface area (Å²) in [6.45, 7) is 3.03. The molecule has 1 unspecified atom stereocenters. The second-order valence-electron chi connectivity index (χ2n) is 5.47. The van der Waals surface area contributed by atoms with Crippen LogP contribution in [0.4, 0.5) is 0 Å². The highest BCUT2D eigenvalue weighted by atomic mass is 35.5. The fourth-order valence-corrected chi connectivity index (χ4v) is 2.86. The summed E-state index contributed by atoms with van der Waals surface area (Å²) in [6.07, 6.45) is 0. The van der Waals surface area contributed by atoms with Gasteiger partial charge in [0.2, 0.25) is 11.8 Å². The van der Waals surface area contributed by atoms with Gasteiger partial charge in [0, 0.05) is 24.7 Å². The van der Waals surface area contributed by atoms with Crippen LogP contribution in [0.15, 0.2) is 24.3 Å². The van der Waals surface area contributed by atoms with Gasteiger partial charge in [-0.2, -0.15) is 0 Å². The van der Waals surface area contributed by atoms with E-state index in [0.29, 0.717) is 24.8 Å². The van der Waals surface area contributed by atoms with Crippen LogP contribution < -0.4 is 16.4 Å². The number of benzene rings is 1. The predicted octanol–water partition coefficient (Wildman–Crippen LogP) is -0.0956. The number of amides is 2. The van der Waals surface area contributed by atoms with E-state index in [2.05, 4.69) is 15.5 Å². The van der Waals surface area contributed by atoms with Crippen molar-refractivity contribution in [2.75, 3.05) is 45.9 Å². The number of ether oxygens (including phenoxy) is 1. The first-order chi connectivity index (χ1) is 11.6. The SMILES string of the molecule is NCC(=O)NCC(=O)NCC(c1ccccc1Cl)N1CCOCC1. The van der Waals surface area contributed by atoms with Crippen LogP contribution in [-0.4, -0.2) is 62.7 Å². The van der Waals surface area contributed by atoms with Crippen LogP contribution in [-0.2, 0) is 14.3 Å². The van der Waals surface area contributed by atoms with Gasteiger partial charge in [0.25, 0.3) is 0 Å². The monoisotopic (exact) mass is 354 g/mol. The Labute approximate surface area is 146 Å². The summed E-state index contributed by atoms with van der Waals surface area (Å²) < 4.78 is 5.40. The Balaban J connectivity index is 1.99. The highest BCUT2D eigenvalue weighted by Gasteiger charge is 2.24. The molecule has 1 aromatic carbocycles. The molecule has 8 heteroatoms. The van der Waals surface area contributed by atoms with E-state index in [1.54, 1.807) is 0 Å². The minimum Gasteiger partial charge on any atom is -0.379 e. The number of rotatable bonds is 7. The van der Waals surface area contributed by atoms with E-state index in [4.69, 9.17) is 22.1 Å². The van der Waals surface area contributed by atoms with E-state index in [-0.39, 0.29) is 30.9 Å². The van der Waals surface area contributed by atoms with Gasteiger partial charge in [-0.05, 0) is 11.6 Å². The number of hydrogen-bond donors (Lipinski definition) is 3. The van der Waals surface area contributed by atoms with E-state index in [9.17, 15) is 9.59 Å². The Morgan fingerprint density at radius 3 is 2.58 bits per heavy atom. The number of halogens is 1. The highest BCUT2D eigenvalue weighted by Crippen LogP contribution is 2.27. The average molecular weight is 355 g/mol. The average Bonchev–Trinajstić information content (AvgIpc) is 2.62. The zero-order valence-corrected chi connectivity index (χ0v) is 14.2. The first-order valence-electron chi connectivity index (χ1n) is 7.91. The Morgan fingerprint density at radius 1 is 1.21 bits per heavy atom. The number of nitrogens with one attached hydrogen (secondary N) is 2. The number of morpholine rings is 1. The molecular formula is C16H23ClN4O3. The minimum absolute atomic E-state index is 0.0447. The van der Waals surface area contributed by atoms with Crippen LogP contribution in [0.2, 0.25) is 5.02 Å². The summed E-state index contributed by atoms with van der Waals surface area (Å²) in [7, 11) is 0. The topological polar surface area (TPSA) is 96.7 Å². The van der Waals surface area contributed by atoms with Gasteiger partial charge in [0.05, 0.1) is 32.3 Å². The number of nitrogens with zero attached hydrogens (tertiary/aromatic N) is 1. The second-order valence-corrected chi connectivity index (χ2v) is 5.88. The Morgan fingerprint density at radius 2 is 1.92 bits per heavy atom. The largest absolute Gasteiger partial charge is 0.379 e. The van der Waals surface area contributed by atoms with Gasteiger partial charge in [0.15, 0.2) is 0 Å². The molecular weight excluding hydrogens is 332 g/mol. The normalized spacial score (nSPS) is 16.4. The van der Waals surface area contributed by atoms with Crippen LogP contribution in [0, 0.1) is 0 Å².